The van der Waals surface area contributed by atoms with Gasteiger partial charge in [0.25, 0.3) is 0 Å². The fourth-order valence-corrected chi connectivity index (χ4v) is 3.87. The first-order valence-corrected chi connectivity index (χ1v) is 7.74. The molecule has 1 aromatic carbocycles. The first-order valence-electron chi connectivity index (χ1n) is 7.74. The van der Waals surface area contributed by atoms with E-state index in [1.54, 1.807) is 11.1 Å². The highest BCUT2D eigenvalue weighted by atomic mass is 15.1. The van der Waals surface area contributed by atoms with Gasteiger partial charge in [0.15, 0.2) is 0 Å². The van der Waals surface area contributed by atoms with E-state index in [1.807, 2.05) is 0 Å². The molecule has 2 N–H and O–H groups in total. The molecule has 0 amide bonds. The van der Waals surface area contributed by atoms with Crippen molar-refractivity contribution < 1.29 is 0 Å². The first kappa shape index (κ1) is 13.1. The van der Waals surface area contributed by atoms with Gasteiger partial charge in [-0.1, -0.05) is 24.3 Å². The third-order valence-electron chi connectivity index (χ3n) is 4.87. The van der Waals surface area contributed by atoms with Crippen molar-refractivity contribution in [2.45, 2.75) is 44.1 Å². The highest BCUT2D eigenvalue weighted by Crippen LogP contribution is 2.33. The highest BCUT2D eigenvalue weighted by Gasteiger charge is 2.28. The molecule has 1 atom stereocenters. The molecule has 0 heterocycles. The Hall–Kier alpha value is -0.860. The predicted molar refractivity (Wildman–Crippen MR) is 80.3 cm³/mol. The molecule has 0 aromatic heterocycles. The molecule has 2 nitrogen and oxygen atoms in total. The molecule has 0 radical (unpaired) electrons. The maximum absolute atomic E-state index is 5.87. The average Bonchev–Trinajstić information content (AvgIpc) is 2.37. The van der Waals surface area contributed by atoms with E-state index in [0.717, 1.165) is 11.8 Å². The van der Waals surface area contributed by atoms with Gasteiger partial charge in [-0.3, -0.25) is 0 Å². The van der Waals surface area contributed by atoms with Gasteiger partial charge >= 0.3 is 0 Å². The van der Waals surface area contributed by atoms with Crippen LogP contribution < -0.4 is 5.73 Å². The smallest absolute Gasteiger partial charge is 0.00474 e. The zero-order valence-electron chi connectivity index (χ0n) is 12.0. The van der Waals surface area contributed by atoms with Crippen molar-refractivity contribution in [2.24, 2.45) is 11.7 Å². The summed E-state index contributed by atoms with van der Waals surface area (Å²) in [4.78, 5) is 2.53. The minimum Gasteiger partial charge on any atom is -0.328 e. The van der Waals surface area contributed by atoms with Crippen LogP contribution in [0, 0.1) is 5.92 Å². The molecule has 1 saturated carbocycles. The van der Waals surface area contributed by atoms with E-state index in [0.29, 0.717) is 6.04 Å². The molecular weight excluding hydrogens is 232 g/mol. The van der Waals surface area contributed by atoms with Crippen molar-refractivity contribution in [3.8, 4) is 0 Å². The van der Waals surface area contributed by atoms with Crippen LogP contribution in [0.5, 0.6) is 0 Å². The Morgan fingerprint density at radius 3 is 2.79 bits per heavy atom. The van der Waals surface area contributed by atoms with Crippen LogP contribution in [0.2, 0.25) is 0 Å². The molecule has 0 bridgehead atoms. The van der Waals surface area contributed by atoms with Crippen LogP contribution >= 0.6 is 0 Å². The predicted octanol–water partition coefficient (Wildman–Crippen LogP) is 2.78. The van der Waals surface area contributed by atoms with Gasteiger partial charge in [-0.15, -0.1) is 0 Å². The van der Waals surface area contributed by atoms with Crippen LogP contribution in [-0.2, 0) is 6.42 Å². The van der Waals surface area contributed by atoms with Crippen molar-refractivity contribution in [1.29, 1.82) is 0 Å². The van der Waals surface area contributed by atoms with Gasteiger partial charge < -0.3 is 10.6 Å². The van der Waals surface area contributed by atoms with Crippen molar-refractivity contribution >= 4 is 0 Å². The van der Waals surface area contributed by atoms with Crippen LogP contribution in [0.15, 0.2) is 24.3 Å². The molecule has 0 aliphatic heterocycles. The Morgan fingerprint density at radius 1 is 1.21 bits per heavy atom. The van der Waals surface area contributed by atoms with Gasteiger partial charge in [0, 0.05) is 19.1 Å². The Balaban J connectivity index is 1.58. The Bertz CT molecular complexity index is 423. The summed E-state index contributed by atoms with van der Waals surface area (Å²) in [5.74, 6) is 1.59. The van der Waals surface area contributed by atoms with Crippen LogP contribution in [0.4, 0.5) is 0 Å². The van der Waals surface area contributed by atoms with Gasteiger partial charge in [-0.05, 0) is 62.1 Å². The summed E-state index contributed by atoms with van der Waals surface area (Å²) < 4.78 is 0. The molecule has 2 aliphatic rings. The van der Waals surface area contributed by atoms with Gasteiger partial charge in [0.05, 0.1) is 0 Å². The number of benzene rings is 1. The molecule has 19 heavy (non-hydrogen) atoms. The van der Waals surface area contributed by atoms with Crippen molar-refractivity contribution in [2.75, 3.05) is 20.1 Å². The van der Waals surface area contributed by atoms with E-state index in [9.17, 15) is 0 Å². The fourth-order valence-electron chi connectivity index (χ4n) is 3.87. The number of rotatable bonds is 4. The molecule has 2 aliphatic carbocycles. The normalized spacial score (nSPS) is 29.9. The number of nitrogens with zero attached hydrogens (tertiary/aromatic N) is 1. The molecule has 0 spiro atoms. The van der Waals surface area contributed by atoms with Crippen LogP contribution in [-0.4, -0.2) is 31.1 Å². The van der Waals surface area contributed by atoms with Crippen molar-refractivity contribution in [1.82, 2.24) is 4.90 Å². The lowest BCUT2D eigenvalue weighted by Gasteiger charge is -2.37. The van der Waals surface area contributed by atoms with Crippen LogP contribution in [0.3, 0.4) is 0 Å². The molecule has 1 unspecified atom stereocenters. The maximum Gasteiger partial charge on any atom is 0.00474 e. The Labute approximate surface area is 117 Å². The van der Waals surface area contributed by atoms with Crippen molar-refractivity contribution in [3.05, 3.63) is 35.4 Å². The zero-order valence-corrected chi connectivity index (χ0v) is 12.0. The number of aryl methyl sites for hydroxylation is 1. The lowest BCUT2D eigenvalue weighted by molar-refractivity contribution is 0.174. The van der Waals surface area contributed by atoms with Gasteiger partial charge in [0.1, 0.15) is 0 Å². The van der Waals surface area contributed by atoms with Gasteiger partial charge in [-0.2, -0.15) is 0 Å². The van der Waals surface area contributed by atoms with Gasteiger partial charge in [-0.25, -0.2) is 0 Å². The summed E-state index contributed by atoms with van der Waals surface area (Å²) in [6.07, 6.45) is 6.43. The first-order chi connectivity index (χ1) is 9.22. The summed E-state index contributed by atoms with van der Waals surface area (Å²) >= 11 is 0. The fraction of sp³-hybridized carbons (Fsp3) is 0.647. The topological polar surface area (TPSA) is 29.3 Å². The third-order valence-corrected chi connectivity index (χ3v) is 4.87. The Kier molecular flexibility index (Phi) is 3.90. The van der Waals surface area contributed by atoms with E-state index in [1.165, 1.54) is 45.2 Å². The number of nitrogens with two attached hydrogens (primary N) is 1. The number of hydrogen-bond acceptors (Lipinski definition) is 2. The molecule has 1 aromatic rings. The van der Waals surface area contributed by atoms with E-state index in [4.69, 9.17) is 5.73 Å². The largest absolute Gasteiger partial charge is 0.328 e. The lowest BCUT2D eigenvalue weighted by Crippen LogP contribution is -2.42. The molecule has 104 valence electrons. The zero-order chi connectivity index (χ0) is 13.2. The molecule has 1 fully saturated rings. The van der Waals surface area contributed by atoms with Gasteiger partial charge in [0.2, 0.25) is 0 Å². The third kappa shape index (κ3) is 3.01. The SMILES string of the molecule is CN(CC1CC(N)C1)CC1CCCc2ccccc21. The second-order valence-electron chi connectivity index (χ2n) is 6.61. The number of likely N-dealkylation sites (N-methyl/N-ethyl adjacent to an activating group) is 1. The Morgan fingerprint density at radius 2 is 2.00 bits per heavy atom. The standard InChI is InChI=1S/C17H26N2/c1-19(11-13-9-16(18)10-13)12-15-7-4-6-14-5-2-3-8-17(14)15/h2-3,5,8,13,15-16H,4,6-7,9-12,18H2,1H3. The summed E-state index contributed by atoms with van der Waals surface area (Å²) in [6, 6.07) is 9.51. The second kappa shape index (κ2) is 5.64. The highest BCUT2D eigenvalue weighted by molar-refractivity contribution is 5.32. The number of fused-ring (bicyclic) bond motifs is 1. The molecular formula is C17H26N2. The summed E-state index contributed by atoms with van der Waals surface area (Å²) in [5.41, 5.74) is 9.06. The minimum atomic E-state index is 0.480. The lowest BCUT2D eigenvalue weighted by atomic mass is 9.79. The number of hydrogen-bond donors (Lipinski definition) is 1. The van der Waals surface area contributed by atoms with E-state index in [-0.39, 0.29) is 0 Å². The van der Waals surface area contributed by atoms with E-state index >= 15 is 0 Å². The minimum absolute atomic E-state index is 0.480. The molecule has 2 heteroatoms. The average molecular weight is 258 g/mol. The van der Waals surface area contributed by atoms with Crippen molar-refractivity contribution in [3.63, 3.8) is 0 Å². The molecule has 0 saturated heterocycles. The monoisotopic (exact) mass is 258 g/mol. The van der Waals surface area contributed by atoms with Crippen LogP contribution in [0.1, 0.15) is 42.7 Å². The van der Waals surface area contributed by atoms with E-state index in [2.05, 4.69) is 36.2 Å². The summed E-state index contributed by atoms with van der Waals surface area (Å²) in [7, 11) is 2.28. The quantitative estimate of drug-likeness (QED) is 0.900. The van der Waals surface area contributed by atoms with E-state index < -0.39 is 0 Å². The van der Waals surface area contributed by atoms with Crippen LogP contribution in [0.25, 0.3) is 0 Å². The molecule has 3 rings (SSSR count). The second-order valence-corrected chi connectivity index (χ2v) is 6.61. The summed E-state index contributed by atoms with van der Waals surface area (Å²) in [5, 5.41) is 0. The maximum atomic E-state index is 5.87. The summed E-state index contributed by atoms with van der Waals surface area (Å²) in [6.45, 7) is 2.44.